The van der Waals surface area contributed by atoms with Gasteiger partial charge in [0.25, 0.3) is 0 Å². The van der Waals surface area contributed by atoms with E-state index in [1.807, 2.05) is 62.4 Å². The van der Waals surface area contributed by atoms with Crippen molar-refractivity contribution in [2.24, 2.45) is 0 Å². The molecule has 0 aliphatic heterocycles. The van der Waals surface area contributed by atoms with Crippen LogP contribution in [0.25, 0.3) is 0 Å². The van der Waals surface area contributed by atoms with Gasteiger partial charge in [-0.25, -0.2) is 4.79 Å². The number of urea groups is 1. The quantitative estimate of drug-likeness (QED) is 0.763. The van der Waals surface area contributed by atoms with E-state index in [-0.39, 0.29) is 6.01 Å². The van der Waals surface area contributed by atoms with Crippen molar-refractivity contribution in [2.75, 3.05) is 10.6 Å². The standard InChI is InChI=1S/C18H18N4O2/c1-12-8-13(2)10-15(9-12)19-17(23)20-18-22-21-16(24-18)11-14-6-4-3-5-7-14/h3-10H,11H2,1-2H3,(H2,19,20,22,23). The summed E-state index contributed by atoms with van der Waals surface area (Å²) in [5.74, 6) is 0.447. The lowest BCUT2D eigenvalue weighted by Gasteiger charge is -2.06. The number of hydrogen-bond acceptors (Lipinski definition) is 4. The highest BCUT2D eigenvalue weighted by molar-refractivity contribution is 5.98. The molecule has 2 amide bonds. The molecule has 0 aliphatic carbocycles. The summed E-state index contributed by atoms with van der Waals surface area (Å²) < 4.78 is 5.45. The maximum Gasteiger partial charge on any atom is 0.327 e. The van der Waals surface area contributed by atoms with Crippen LogP contribution in [0.2, 0.25) is 0 Å². The number of amides is 2. The molecule has 6 nitrogen and oxygen atoms in total. The summed E-state index contributed by atoms with van der Waals surface area (Å²) in [6.07, 6.45) is 0.522. The Hall–Kier alpha value is -3.15. The second-order valence-corrected chi connectivity index (χ2v) is 5.62. The van der Waals surface area contributed by atoms with E-state index in [0.29, 0.717) is 18.0 Å². The van der Waals surface area contributed by atoms with E-state index in [9.17, 15) is 4.79 Å². The molecule has 122 valence electrons. The highest BCUT2D eigenvalue weighted by atomic mass is 16.4. The zero-order chi connectivity index (χ0) is 16.9. The molecule has 0 saturated heterocycles. The van der Waals surface area contributed by atoms with Crippen molar-refractivity contribution in [3.8, 4) is 0 Å². The molecule has 24 heavy (non-hydrogen) atoms. The Bertz CT molecular complexity index is 823. The summed E-state index contributed by atoms with van der Waals surface area (Å²) in [5.41, 5.74) is 3.93. The maximum atomic E-state index is 12.0. The van der Waals surface area contributed by atoms with Crippen LogP contribution < -0.4 is 10.6 Å². The van der Waals surface area contributed by atoms with Crippen LogP contribution in [0.1, 0.15) is 22.6 Å². The topological polar surface area (TPSA) is 80.0 Å². The Labute approximate surface area is 139 Å². The van der Waals surface area contributed by atoms with Crippen LogP contribution in [0.5, 0.6) is 0 Å². The zero-order valence-corrected chi connectivity index (χ0v) is 13.5. The number of aromatic nitrogens is 2. The van der Waals surface area contributed by atoms with Crippen molar-refractivity contribution in [3.63, 3.8) is 0 Å². The minimum absolute atomic E-state index is 0.0720. The van der Waals surface area contributed by atoms with E-state index in [4.69, 9.17) is 4.42 Å². The van der Waals surface area contributed by atoms with E-state index >= 15 is 0 Å². The van der Waals surface area contributed by atoms with Crippen LogP contribution in [0.3, 0.4) is 0 Å². The predicted molar refractivity (Wildman–Crippen MR) is 92.1 cm³/mol. The van der Waals surface area contributed by atoms with Crippen molar-refractivity contribution < 1.29 is 9.21 Å². The summed E-state index contributed by atoms with van der Waals surface area (Å²) in [7, 11) is 0. The molecule has 6 heteroatoms. The number of rotatable bonds is 4. The third-order valence-electron chi connectivity index (χ3n) is 3.37. The first-order valence-corrected chi connectivity index (χ1v) is 7.61. The van der Waals surface area contributed by atoms with Gasteiger partial charge >= 0.3 is 12.0 Å². The van der Waals surface area contributed by atoms with Gasteiger partial charge in [0.05, 0.1) is 6.42 Å². The summed E-state index contributed by atoms with van der Waals surface area (Å²) in [6, 6.07) is 15.3. The van der Waals surface area contributed by atoms with Crippen molar-refractivity contribution >= 4 is 17.7 Å². The molecule has 0 fully saturated rings. The third kappa shape index (κ3) is 4.19. The summed E-state index contributed by atoms with van der Waals surface area (Å²) in [6.45, 7) is 3.95. The van der Waals surface area contributed by atoms with Gasteiger partial charge in [-0.1, -0.05) is 41.5 Å². The van der Waals surface area contributed by atoms with Crippen molar-refractivity contribution in [1.82, 2.24) is 10.2 Å². The minimum Gasteiger partial charge on any atom is -0.407 e. The van der Waals surface area contributed by atoms with E-state index in [1.54, 1.807) is 0 Å². The lowest BCUT2D eigenvalue weighted by Crippen LogP contribution is -2.19. The van der Waals surface area contributed by atoms with E-state index in [2.05, 4.69) is 20.8 Å². The van der Waals surface area contributed by atoms with Gasteiger partial charge in [0, 0.05) is 5.69 Å². The molecule has 0 radical (unpaired) electrons. The van der Waals surface area contributed by atoms with Crippen molar-refractivity contribution in [2.45, 2.75) is 20.3 Å². The highest BCUT2D eigenvalue weighted by Crippen LogP contribution is 2.15. The average molecular weight is 322 g/mol. The Morgan fingerprint density at radius 2 is 1.71 bits per heavy atom. The second kappa shape index (κ2) is 6.95. The van der Waals surface area contributed by atoms with Crippen LogP contribution >= 0.6 is 0 Å². The average Bonchev–Trinajstić information content (AvgIpc) is 2.94. The number of anilines is 2. The van der Waals surface area contributed by atoms with E-state index < -0.39 is 6.03 Å². The monoisotopic (exact) mass is 322 g/mol. The number of benzene rings is 2. The van der Waals surface area contributed by atoms with Gasteiger partial charge in [-0.3, -0.25) is 5.32 Å². The smallest absolute Gasteiger partial charge is 0.327 e. The number of nitrogens with one attached hydrogen (secondary N) is 2. The molecule has 2 N–H and O–H groups in total. The molecule has 1 heterocycles. The molecule has 0 aliphatic rings. The van der Waals surface area contributed by atoms with Gasteiger partial charge in [0.2, 0.25) is 5.89 Å². The Morgan fingerprint density at radius 3 is 2.42 bits per heavy atom. The molecule has 0 saturated carbocycles. The summed E-state index contributed by atoms with van der Waals surface area (Å²) in [4.78, 5) is 12.0. The van der Waals surface area contributed by atoms with Crippen LogP contribution in [0.4, 0.5) is 16.5 Å². The largest absolute Gasteiger partial charge is 0.407 e. The molecule has 1 aromatic heterocycles. The van der Waals surface area contributed by atoms with Gasteiger partial charge in [-0.2, -0.15) is 0 Å². The molecule has 2 aromatic carbocycles. The Kier molecular flexibility index (Phi) is 4.56. The predicted octanol–water partition coefficient (Wildman–Crippen LogP) is 3.92. The van der Waals surface area contributed by atoms with Gasteiger partial charge in [0.1, 0.15) is 0 Å². The lowest BCUT2D eigenvalue weighted by molar-refractivity contribution is 0.261. The first-order valence-electron chi connectivity index (χ1n) is 7.61. The van der Waals surface area contributed by atoms with Gasteiger partial charge in [0.15, 0.2) is 0 Å². The molecule has 0 atom stereocenters. The van der Waals surface area contributed by atoms with Gasteiger partial charge in [-0.15, -0.1) is 5.10 Å². The zero-order valence-electron chi connectivity index (χ0n) is 13.5. The Balaban J connectivity index is 1.61. The number of aryl methyl sites for hydroxylation is 2. The van der Waals surface area contributed by atoms with Crippen LogP contribution in [0, 0.1) is 13.8 Å². The first-order chi connectivity index (χ1) is 11.6. The SMILES string of the molecule is Cc1cc(C)cc(NC(=O)Nc2nnc(Cc3ccccc3)o2)c1. The number of nitrogens with zero attached hydrogens (tertiary/aromatic N) is 2. The third-order valence-corrected chi connectivity index (χ3v) is 3.37. The van der Waals surface area contributed by atoms with Crippen molar-refractivity contribution in [1.29, 1.82) is 0 Å². The summed E-state index contributed by atoms with van der Waals surface area (Å²) >= 11 is 0. The second-order valence-electron chi connectivity index (χ2n) is 5.62. The minimum atomic E-state index is -0.421. The fourth-order valence-electron chi connectivity index (χ4n) is 2.45. The molecule has 3 rings (SSSR count). The highest BCUT2D eigenvalue weighted by Gasteiger charge is 2.10. The Morgan fingerprint density at radius 1 is 1.00 bits per heavy atom. The molecule has 0 unspecified atom stereocenters. The van der Waals surface area contributed by atoms with Gasteiger partial charge in [-0.05, 0) is 42.7 Å². The fraction of sp³-hybridized carbons (Fsp3) is 0.167. The number of carbonyl (C=O) groups is 1. The number of carbonyl (C=O) groups excluding carboxylic acids is 1. The molecule has 0 spiro atoms. The lowest BCUT2D eigenvalue weighted by atomic mass is 10.1. The molecule has 3 aromatic rings. The fourth-order valence-corrected chi connectivity index (χ4v) is 2.45. The first kappa shape index (κ1) is 15.7. The van der Waals surface area contributed by atoms with Crippen LogP contribution in [-0.4, -0.2) is 16.2 Å². The van der Waals surface area contributed by atoms with Crippen LogP contribution in [-0.2, 0) is 6.42 Å². The molecule has 0 bridgehead atoms. The number of hydrogen-bond donors (Lipinski definition) is 2. The maximum absolute atomic E-state index is 12.0. The molecular formula is C18H18N4O2. The van der Waals surface area contributed by atoms with Gasteiger partial charge < -0.3 is 9.73 Å². The van der Waals surface area contributed by atoms with Crippen molar-refractivity contribution in [3.05, 3.63) is 71.1 Å². The van der Waals surface area contributed by atoms with E-state index in [0.717, 1.165) is 16.7 Å². The normalized spacial score (nSPS) is 10.4. The summed E-state index contributed by atoms with van der Waals surface area (Å²) in [5, 5.41) is 13.1. The van der Waals surface area contributed by atoms with E-state index in [1.165, 1.54) is 0 Å². The van der Waals surface area contributed by atoms with Crippen LogP contribution in [0.15, 0.2) is 52.9 Å². The molecular weight excluding hydrogens is 304 g/mol.